The number of unbranched alkanes of at least 4 members (excludes halogenated alkanes) is 1. The lowest BCUT2D eigenvalue weighted by molar-refractivity contribution is -0.137. The number of carbonyl (C=O) groups is 2. The highest BCUT2D eigenvalue weighted by Crippen LogP contribution is 2.39. The Bertz CT molecular complexity index is 693. The molecule has 5 nitrogen and oxygen atoms in total. The van der Waals surface area contributed by atoms with Crippen LogP contribution in [0.1, 0.15) is 42.1 Å². The standard InChI is InChI=1S/C18H21F3N2O3/c1-2-3-6-26-17(25)23-10-14-8-15(23)9-22(14)16-7-13(18(19,20)21)5-4-12(16)11-24/h4-5,7,11,14-15H,2-3,6,8-10H2,1H3. The summed E-state index contributed by atoms with van der Waals surface area (Å²) in [4.78, 5) is 26.9. The summed E-state index contributed by atoms with van der Waals surface area (Å²) in [7, 11) is 0. The number of carbonyl (C=O) groups excluding carboxylic acids is 2. The zero-order valence-electron chi connectivity index (χ0n) is 14.5. The van der Waals surface area contributed by atoms with Crippen molar-refractivity contribution in [3.63, 3.8) is 0 Å². The van der Waals surface area contributed by atoms with Crippen molar-refractivity contribution in [3.05, 3.63) is 29.3 Å². The fourth-order valence-electron chi connectivity index (χ4n) is 3.64. The molecule has 3 rings (SSSR count). The topological polar surface area (TPSA) is 49.9 Å². The number of alkyl halides is 3. The van der Waals surface area contributed by atoms with Crippen LogP contribution >= 0.6 is 0 Å². The molecule has 2 heterocycles. The summed E-state index contributed by atoms with van der Waals surface area (Å²) in [6.45, 7) is 3.17. The summed E-state index contributed by atoms with van der Waals surface area (Å²) in [5, 5.41) is 0. The molecule has 1 aromatic carbocycles. The maximum Gasteiger partial charge on any atom is 0.416 e. The Kier molecular flexibility index (Phi) is 5.11. The van der Waals surface area contributed by atoms with Gasteiger partial charge in [-0.3, -0.25) is 4.79 Å². The number of hydrogen-bond donors (Lipinski definition) is 0. The van der Waals surface area contributed by atoms with Gasteiger partial charge >= 0.3 is 12.3 Å². The minimum Gasteiger partial charge on any atom is -0.449 e. The molecule has 2 saturated heterocycles. The number of aldehydes is 1. The van der Waals surface area contributed by atoms with Gasteiger partial charge in [-0.05, 0) is 31.0 Å². The van der Waals surface area contributed by atoms with E-state index in [1.807, 2.05) is 6.92 Å². The molecule has 2 unspecified atom stereocenters. The Morgan fingerprint density at radius 1 is 1.31 bits per heavy atom. The maximum absolute atomic E-state index is 13.0. The second-order valence-electron chi connectivity index (χ2n) is 6.71. The lowest BCUT2D eigenvalue weighted by atomic mass is 10.1. The SMILES string of the molecule is CCCCOC(=O)N1CC2CC1CN2c1cc(C(F)(F)F)ccc1C=O. The van der Waals surface area contributed by atoms with Crippen LogP contribution in [0.25, 0.3) is 0 Å². The van der Waals surface area contributed by atoms with Crippen LogP contribution in [-0.4, -0.2) is 49.1 Å². The van der Waals surface area contributed by atoms with Gasteiger partial charge in [-0.2, -0.15) is 13.2 Å². The van der Waals surface area contributed by atoms with Gasteiger partial charge in [0.1, 0.15) is 0 Å². The Morgan fingerprint density at radius 3 is 2.65 bits per heavy atom. The molecule has 0 aliphatic carbocycles. The average Bonchev–Trinajstić information content (AvgIpc) is 3.21. The van der Waals surface area contributed by atoms with Gasteiger partial charge < -0.3 is 14.5 Å². The normalized spacial score (nSPS) is 22.0. The summed E-state index contributed by atoms with van der Waals surface area (Å²) >= 11 is 0. The number of amides is 1. The summed E-state index contributed by atoms with van der Waals surface area (Å²) < 4.78 is 44.3. The first-order chi connectivity index (χ1) is 12.3. The molecule has 2 fully saturated rings. The molecule has 2 aliphatic rings. The zero-order chi connectivity index (χ0) is 18.9. The van der Waals surface area contributed by atoms with Crippen molar-refractivity contribution in [2.24, 2.45) is 0 Å². The fraction of sp³-hybridized carbons (Fsp3) is 0.556. The molecular weight excluding hydrogens is 349 g/mol. The predicted molar refractivity (Wildman–Crippen MR) is 89.3 cm³/mol. The average molecular weight is 370 g/mol. The third-order valence-corrected chi connectivity index (χ3v) is 4.99. The molecular formula is C18H21F3N2O3. The van der Waals surface area contributed by atoms with Crippen LogP contribution in [0.3, 0.4) is 0 Å². The van der Waals surface area contributed by atoms with E-state index in [0.717, 1.165) is 25.0 Å². The van der Waals surface area contributed by atoms with Crippen molar-refractivity contribution in [3.8, 4) is 0 Å². The van der Waals surface area contributed by atoms with Gasteiger partial charge in [0.2, 0.25) is 0 Å². The quantitative estimate of drug-likeness (QED) is 0.586. The third-order valence-electron chi connectivity index (χ3n) is 4.99. The number of nitrogens with zero attached hydrogens (tertiary/aromatic N) is 2. The predicted octanol–water partition coefficient (Wildman–Crippen LogP) is 3.72. The van der Waals surface area contributed by atoms with Crippen LogP contribution in [0.15, 0.2) is 18.2 Å². The first kappa shape index (κ1) is 18.5. The molecule has 142 valence electrons. The maximum atomic E-state index is 13.0. The molecule has 1 aromatic rings. The van der Waals surface area contributed by atoms with E-state index >= 15 is 0 Å². The highest BCUT2D eigenvalue weighted by molar-refractivity contribution is 5.85. The molecule has 2 bridgehead atoms. The van der Waals surface area contributed by atoms with Gasteiger partial charge in [-0.15, -0.1) is 0 Å². The van der Waals surface area contributed by atoms with Crippen molar-refractivity contribution in [2.45, 2.75) is 44.4 Å². The zero-order valence-corrected chi connectivity index (χ0v) is 14.5. The van der Waals surface area contributed by atoms with Crippen LogP contribution in [0, 0.1) is 0 Å². The molecule has 2 aliphatic heterocycles. The summed E-state index contributed by atoms with van der Waals surface area (Å²) in [5.74, 6) is 0. The monoisotopic (exact) mass is 370 g/mol. The van der Waals surface area contributed by atoms with Crippen molar-refractivity contribution in [1.82, 2.24) is 4.90 Å². The lowest BCUT2D eigenvalue weighted by Crippen LogP contribution is -2.49. The number of ether oxygens (including phenoxy) is 1. The number of fused-ring (bicyclic) bond motifs is 2. The van der Waals surface area contributed by atoms with Gasteiger partial charge in [0, 0.05) is 30.4 Å². The minimum absolute atomic E-state index is 0.108. The second-order valence-corrected chi connectivity index (χ2v) is 6.71. The lowest BCUT2D eigenvalue weighted by Gasteiger charge is -2.35. The Labute approximate surface area is 149 Å². The molecule has 2 atom stereocenters. The summed E-state index contributed by atoms with van der Waals surface area (Å²) in [6.07, 6.45) is -1.88. The molecule has 1 amide bonds. The van der Waals surface area contributed by atoms with E-state index in [0.29, 0.717) is 32.4 Å². The van der Waals surface area contributed by atoms with Crippen LogP contribution in [-0.2, 0) is 10.9 Å². The van der Waals surface area contributed by atoms with E-state index in [9.17, 15) is 22.8 Å². The second kappa shape index (κ2) is 7.17. The van der Waals surface area contributed by atoms with Crippen molar-refractivity contribution in [1.29, 1.82) is 0 Å². The van der Waals surface area contributed by atoms with Gasteiger partial charge in [0.15, 0.2) is 6.29 Å². The van der Waals surface area contributed by atoms with E-state index < -0.39 is 11.7 Å². The van der Waals surface area contributed by atoms with Crippen molar-refractivity contribution >= 4 is 18.1 Å². The Balaban J connectivity index is 1.74. The smallest absolute Gasteiger partial charge is 0.416 e. The highest BCUT2D eigenvalue weighted by Gasteiger charge is 2.46. The van der Waals surface area contributed by atoms with Crippen molar-refractivity contribution < 1.29 is 27.5 Å². The van der Waals surface area contributed by atoms with Gasteiger partial charge in [0.05, 0.1) is 18.2 Å². The van der Waals surface area contributed by atoms with E-state index in [1.54, 1.807) is 9.80 Å². The Morgan fingerprint density at radius 2 is 2.08 bits per heavy atom. The number of piperazine rings is 1. The minimum atomic E-state index is -4.47. The van der Waals surface area contributed by atoms with Crippen molar-refractivity contribution in [2.75, 3.05) is 24.6 Å². The van der Waals surface area contributed by atoms with Gasteiger partial charge in [0.25, 0.3) is 0 Å². The first-order valence-corrected chi connectivity index (χ1v) is 8.71. The van der Waals surface area contributed by atoms with Crippen LogP contribution < -0.4 is 4.90 Å². The van der Waals surface area contributed by atoms with Gasteiger partial charge in [-0.25, -0.2) is 4.79 Å². The van der Waals surface area contributed by atoms with Crippen LogP contribution in [0.5, 0.6) is 0 Å². The van der Waals surface area contributed by atoms with E-state index in [-0.39, 0.29) is 29.4 Å². The molecule has 26 heavy (non-hydrogen) atoms. The summed E-state index contributed by atoms with van der Waals surface area (Å²) in [5.41, 5.74) is -0.277. The number of anilines is 1. The van der Waals surface area contributed by atoms with E-state index in [4.69, 9.17) is 4.74 Å². The number of hydrogen-bond acceptors (Lipinski definition) is 4. The van der Waals surface area contributed by atoms with Crippen LogP contribution in [0.2, 0.25) is 0 Å². The first-order valence-electron chi connectivity index (χ1n) is 8.71. The van der Waals surface area contributed by atoms with Crippen LogP contribution in [0.4, 0.5) is 23.7 Å². The number of likely N-dealkylation sites (tertiary alicyclic amines) is 1. The fourth-order valence-corrected chi connectivity index (χ4v) is 3.64. The molecule has 0 radical (unpaired) electrons. The largest absolute Gasteiger partial charge is 0.449 e. The van der Waals surface area contributed by atoms with E-state index in [2.05, 4.69) is 0 Å². The Hall–Kier alpha value is -2.25. The number of halogens is 3. The number of rotatable bonds is 5. The molecule has 0 aromatic heterocycles. The summed E-state index contributed by atoms with van der Waals surface area (Å²) in [6, 6.07) is 2.92. The third kappa shape index (κ3) is 3.50. The molecule has 8 heteroatoms. The molecule has 0 saturated carbocycles. The molecule has 0 spiro atoms. The van der Waals surface area contributed by atoms with Gasteiger partial charge in [-0.1, -0.05) is 13.3 Å². The highest BCUT2D eigenvalue weighted by atomic mass is 19.4. The van der Waals surface area contributed by atoms with E-state index in [1.165, 1.54) is 6.07 Å². The molecule has 0 N–H and O–H groups in total. The number of benzene rings is 1.